The number of hydrogen-bond acceptors (Lipinski definition) is 3. The molecule has 0 aromatic carbocycles. The van der Waals surface area contributed by atoms with Crippen molar-refractivity contribution in [3.05, 3.63) is 30.2 Å². The van der Waals surface area contributed by atoms with Gasteiger partial charge in [-0.15, -0.1) is 0 Å². The van der Waals surface area contributed by atoms with Crippen LogP contribution < -0.4 is 5.73 Å². The summed E-state index contributed by atoms with van der Waals surface area (Å²) in [5, 5.41) is 4.01. The van der Waals surface area contributed by atoms with Crippen molar-refractivity contribution in [3.63, 3.8) is 0 Å². The molecule has 1 atom stereocenters. The van der Waals surface area contributed by atoms with Crippen molar-refractivity contribution in [2.45, 2.75) is 19.4 Å². The maximum atomic E-state index is 5.70. The normalized spacial score (nSPS) is 13.4. The van der Waals surface area contributed by atoms with E-state index in [0.29, 0.717) is 0 Å². The molecule has 0 aliphatic heterocycles. The van der Waals surface area contributed by atoms with Crippen LogP contribution in [0.25, 0.3) is 5.65 Å². The first-order valence-corrected chi connectivity index (χ1v) is 4.29. The van der Waals surface area contributed by atoms with Crippen LogP contribution in [-0.4, -0.2) is 20.6 Å². The predicted molar refractivity (Wildman–Crippen MR) is 50.3 cm³/mol. The van der Waals surface area contributed by atoms with Crippen LogP contribution in [0.2, 0.25) is 0 Å². The Morgan fingerprint density at radius 3 is 3.23 bits per heavy atom. The summed E-state index contributed by atoms with van der Waals surface area (Å²) in [6, 6.07) is 4.21. The molecule has 4 heteroatoms. The average molecular weight is 176 g/mol. The summed E-state index contributed by atoms with van der Waals surface area (Å²) in [5.41, 5.74) is 7.78. The molecule has 0 saturated carbocycles. The lowest BCUT2D eigenvalue weighted by atomic mass is 10.1. The number of fused-ring (bicyclic) bond motifs is 1. The van der Waals surface area contributed by atoms with Crippen molar-refractivity contribution in [1.29, 1.82) is 0 Å². The lowest BCUT2D eigenvalue weighted by Crippen LogP contribution is -2.17. The first-order valence-electron chi connectivity index (χ1n) is 4.29. The summed E-state index contributed by atoms with van der Waals surface area (Å²) < 4.78 is 1.74. The monoisotopic (exact) mass is 176 g/mol. The Morgan fingerprint density at radius 2 is 2.46 bits per heavy atom. The second kappa shape index (κ2) is 3.14. The van der Waals surface area contributed by atoms with Gasteiger partial charge in [-0.05, 0) is 31.0 Å². The lowest BCUT2D eigenvalue weighted by molar-refractivity contribution is 0.736. The standard InChI is InChI=1S/C9H12N4/c1-7(10)4-8-2-3-13-9(5-8)11-6-12-13/h2-3,5-7H,4,10H2,1H3. The van der Waals surface area contributed by atoms with E-state index in [1.54, 1.807) is 10.8 Å². The molecular weight excluding hydrogens is 164 g/mol. The summed E-state index contributed by atoms with van der Waals surface area (Å²) >= 11 is 0. The minimum Gasteiger partial charge on any atom is -0.328 e. The van der Waals surface area contributed by atoms with E-state index in [9.17, 15) is 0 Å². The van der Waals surface area contributed by atoms with Crippen LogP contribution in [0.15, 0.2) is 24.7 Å². The van der Waals surface area contributed by atoms with Crippen molar-refractivity contribution in [3.8, 4) is 0 Å². The molecule has 4 nitrogen and oxygen atoms in total. The van der Waals surface area contributed by atoms with E-state index >= 15 is 0 Å². The Morgan fingerprint density at radius 1 is 1.62 bits per heavy atom. The zero-order valence-electron chi connectivity index (χ0n) is 7.51. The molecule has 0 aliphatic carbocycles. The minimum atomic E-state index is 0.186. The van der Waals surface area contributed by atoms with Gasteiger partial charge in [0.05, 0.1) is 0 Å². The first-order chi connectivity index (χ1) is 6.25. The zero-order valence-corrected chi connectivity index (χ0v) is 7.51. The van der Waals surface area contributed by atoms with Crippen LogP contribution in [0.1, 0.15) is 12.5 Å². The largest absolute Gasteiger partial charge is 0.328 e. The highest BCUT2D eigenvalue weighted by Gasteiger charge is 2.00. The van der Waals surface area contributed by atoms with E-state index in [1.165, 1.54) is 5.56 Å². The Kier molecular flexibility index (Phi) is 1.98. The third kappa shape index (κ3) is 1.67. The first kappa shape index (κ1) is 8.19. The summed E-state index contributed by atoms with van der Waals surface area (Å²) in [6.45, 7) is 1.99. The molecule has 2 heterocycles. The molecule has 0 bridgehead atoms. The fraction of sp³-hybridized carbons (Fsp3) is 0.333. The smallest absolute Gasteiger partial charge is 0.155 e. The molecule has 2 N–H and O–H groups in total. The van der Waals surface area contributed by atoms with Crippen molar-refractivity contribution in [2.75, 3.05) is 0 Å². The third-order valence-corrected chi connectivity index (χ3v) is 1.90. The van der Waals surface area contributed by atoms with Gasteiger partial charge in [-0.1, -0.05) is 0 Å². The molecule has 0 amide bonds. The molecule has 0 saturated heterocycles. The summed E-state index contributed by atoms with van der Waals surface area (Å²) in [5.74, 6) is 0. The molecule has 68 valence electrons. The number of hydrogen-bond donors (Lipinski definition) is 1. The summed E-state index contributed by atoms with van der Waals surface area (Å²) in [6.07, 6.45) is 4.33. The minimum absolute atomic E-state index is 0.186. The molecule has 2 aromatic rings. The van der Waals surface area contributed by atoms with Gasteiger partial charge < -0.3 is 5.73 Å². The molecule has 13 heavy (non-hydrogen) atoms. The number of pyridine rings is 1. The van der Waals surface area contributed by atoms with E-state index in [2.05, 4.69) is 10.1 Å². The molecular formula is C9H12N4. The van der Waals surface area contributed by atoms with Crippen molar-refractivity contribution in [2.24, 2.45) is 5.73 Å². The van der Waals surface area contributed by atoms with E-state index in [0.717, 1.165) is 12.1 Å². The number of nitrogens with two attached hydrogens (primary N) is 1. The molecule has 2 aromatic heterocycles. The molecule has 2 rings (SSSR count). The Balaban J connectivity index is 2.37. The predicted octanol–water partition coefficient (Wildman–Crippen LogP) is 0.619. The number of nitrogens with zero attached hydrogens (tertiary/aromatic N) is 3. The zero-order chi connectivity index (χ0) is 9.26. The van der Waals surface area contributed by atoms with Crippen LogP contribution in [0.4, 0.5) is 0 Å². The topological polar surface area (TPSA) is 56.2 Å². The second-order valence-corrected chi connectivity index (χ2v) is 3.28. The van der Waals surface area contributed by atoms with E-state index in [4.69, 9.17) is 5.73 Å². The van der Waals surface area contributed by atoms with Gasteiger partial charge in [-0.3, -0.25) is 0 Å². The second-order valence-electron chi connectivity index (χ2n) is 3.28. The molecule has 0 radical (unpaired) electrons. The Hall–Kier alpha value is -1.42. The molecule has 0 spiro atoms. The number of rotatable bonds is 2. The van der Waals surface area contributed by atoms with Crippen LogP contribution >= 0.6 is 0 Å². The van der Waals surface area contributed by atoms with Gasteiger partial charge in [-0.25, -0.2) is 9.50 Å². The molecule has 1 unspecified atom stereocenters. The summed E-state index contributed by atoms with van der Waals surface area (Å²) in [7, 11) is 0. The number of aromatic nitrogens is 3. The van der Waals surface area contributed by atoms with Crippen LogP contribution in [-0.2, 0) is 6.42 Å². The SMILES string of the molecule is CC(N)Cc1ccn2ncnc2c1. The van der Waals surface area contributed by atoms with Gasteiger partial charge in [0.15, 0.2) is 5.65 Å². The fourth-order valence-corrected chi connectivity index (χ4v) is 1.36. The van der Waals surface area contributed by atoms with E-state index in [1.807, 2.05) is 25.3 Å². The van der Waals surface area contributed by atoms with Crippen molar-refractivity contribution >= 4 is 5.65 Å². The van der Waals surface area contributed by atoms with Gasteiger partial charge in [0.25, 0.3) is 0 Å². The van der Waals surface area contributed by atoms with Crippen LogP contribution in [0.3, 0.4) is 0 Å². The van der Waals surface area contributed by atoms with Crippen LogP contribution in [0, 0.1) is 0 Å². The van der Waals surface area contributed by atoms with Gasteiger partial charge in [0.2, 0.25) is 0 Å². The highest BCUT2D eigenvalue weighted by Crippen LogP contribution is 2.05. The molecule has 0 fully saturated rings. The van der Waals surface area contributed by atoms with Crippen LogP contribution in [0.5, 0.6) is 0 Å². The maximum Gasteiger partial charge on any atom is 0.155 e. The van der Waals surface area contributed by atoms with E-state index in [-0.39, 0.29) is 6.04 Å². The highest BCUT2D eigenvalue weighted by molar-refractivity contribution is 5.39. The van der Waals surface area contributed by atoms with Crippen molar-refractivity contribution in [1.82, 2.24) is 14.6 Å². The van der Waals surface area contributed by atoms with Gasteiger partial charge in [0.1, 0.15) is 6.33 Å². The van der Waals surface area contributed by atoms with Gasteiger partial charge in [0, 0.05) is 12.2 Å². The molecule has 0 aliphatic rings. The fourth-order valence-electron chi connectivity index (χ4n) is 1.36. The average Bonchev–Trinajstić information content (AvgIpc) is 2.49. The van der Waals surface area contributed by atoms with E-state index < -0.39 is 0 Å². The van der Waals surface area contributed by atoms with Crippen molar-refractivity contribution < 1.29 is 0 Å². The maximum absolute atomic E-state index is 5.70. The van der Waals surface area contributed by atoms with Gasteiger partial charge >= 0.3 is 0 Å². The Bertz CT molecular complexity index is 405. The highest BCUT2D eigenvalue weighted by atomic mass is 15.3. The Labute approximate surface area is 76.4 Å². The quantitative estimate of drug-likeness (QED) is 0.729. The lowest BCUT2D eigenvalue weighted by Gasteiger charge is -2.04. The van der Waals surface area contributed by atoms with Gasteiger partial charge in [-0.2, -0.15) is 5.10 Å². The summed E-state index contributed by atoms with van der Waals surface area (Å²) in [4.78, 5) is 4.10. The third-order valence-electron chi connectivity index (χ3n) is 1.90.